The van der Waals surface area contributed by atoms with E-state index in [1.807, 2.05) is 4.90 Å². The standard InChI is InChI=1S/C11H23N3O/c1-9(2)8-10(12)11(15)14-6-4-13(3)5-7-14/h9-10H,4-8,12H2,1-3H3/t10-/m1/s1. The summed E-state index contributed by atoms with van der Waals surface area (Å²) in [7, 11) is 2.08. The lowest BCUT2D eigenvalue weighted by atomic mass is 10.0. The average Bonchev–Trinajstić information content (AvgIpc) is 2.17. The molecule has 0 spiro atoms. The van der Waals surface area contributed by atoms with Crippen molar-refractivity contribution in [1.82, 2.24) is 9.80 Å². The van der Waals surface area contributed by atoms with Crippen LogP contribution < -0.4 is 5.73 Å². The van der Waals surface area contributed by atoms with Gasteiger partial charge in [-0.3, -0.25) is 4.79 Å². The van der Waals surface area contributed by atoms with Crippen LogP contribution in [0.15, 0.2) is 0 Å². The average molecular weight is 213 g/mol. The maximum absolute atomic E-state index is 11.9. The summed E-state index contributed by atoms with van der Waals surface area (Å²) in [6, 6.07) is -0.312. The maximum Gasteiger partial charge on any atom is 0.239 e. The van der Waals surface area contributed by atoms with Crippen molar-refractivity contribution < 1.29 is 4.79 Å². The van der Waals surface area contributed by atoms with Crippen LogP contribution in [-0.4, -0.2) is 55.0 Å². The number of carbonyl (C=O) groups is 1. The fourth-order valence-electron chi connectivity index (χ4n) is 1.87. The van der Waals surface area contributed by atoms with Gasteiger partial charge in [0, 0.05) is 26.2 Å². The van der Waals surface area contributed by atoms with E-state index in [2.05, 4.69) is 25.8 Å². The smallest absolute Gasteiger partial charge is 0.239 e. The van der Waals surface area contributed by atoms with Crippen LogP contribution in [0.2, 0.25) is 0 Å². The number of carbonyl (C=O) groups excluding carboxylic acids is 1. The molecular formula is C11H23N3O. The van der Waals surface area contributed by atoms with Crippen molar-refractivity contribution in [1.29, 1.82) is 0 Å². The maximum atomic E-state index is 11.9. The van der Waals surface area contributed by atoms with Crippen molar-refractivity contribution in [2.45, 2.75) is 26.3 Å². The second-order valence-corrected chi connectivity index (χ2v) is 4.86. The number of piperazine rings is 1. The van der Waals surface area contributed by atoms with E-state index in [1.165, 1.54) is 0 Å². The predicted octanol–water partition coefficient (Wildman–Crippen LogP) is 0.134. The minimum atomic E-state index is -0.312. The topological polar surface area (TPSA) is 49.6 Å². The van der Waals surface area contributed by atoms with Gasteiger partial charge in [-0.05, 0) is 19.4 Å². The predicted molar refractivity (Wildman–Crippen MR) is 61.5 cm³/mol. The van der Waals surface area contributed by atoms with Crippen molar-refractivity contribution in [2.24, 2.45) is 11.7 Å². The molecule has 1 fully saturated rings. The molecule has 0 aromatic rings. The molecular weight excluding hydrogens is 190 g/mol. The molecule has 88 valence electrons. The van der Waals surface area contributed by atoms with E-state index >= 15 is 0 Å². The third kappa shape index (κ3) is 3.80. The van der Waals surface area contributed by atoms with Crippen molar-refractivity contribution in [3.05, 3.63) is 0 Å². The Balaban J connectivity index is 2.39. The Bertz CT molecular complexity index is 210. The molecule has 0 bridgehead atoms. The lowest BCUT2D eigenvalue weighted by Crippen LogP contribution is -2.52. The zero-order valence-electron chi connectivity index (χ0n) is 10.1. The van der Waals surface area contributed by atoms with Gasteiger partial charge in [0.2, 0.25) is 5.91 Å². The lowest BCUT2D eigenvalue weighted by Gasteiger charge is -2.34. The van der Waals surface area contributed by atoms with Gasteiger partial charge in [0.15, 0.2) is 0 Å². The van der Waals surface area contributed by atoms with Gasteiger partial charge >= 0.3 is 0 Å². The summed E-state index contributed by atoms with van der Waals surface area (Å²) in [6.45, 7) is 7.75. The Hall–Kier alpha value is -0.610. The van der Waals surface area contributed by atoms with E-state index in [4.69, 9.17) is 5.73 Å². The van der Waals surface area contributed by atoms with Gasteiger partial charge in [0.05, 0.1) is 6.04 Å². The number of hydrogen-bond donors (Lipinski definition) is 1. The summed E-state index contributed by atoms with van der Waals surface area (Å²) in [5, 5.41) is 0. The Morgan fingerprint density at radius 1 is 1.27 bits per heavy atom. The summed E-state index contributed by atoms with van der Waals surface area (Å²) in [5.74, 6) is 0.605. The van der Waals surface area contributed by atoms with Crippen LogP contribution in [-0.2, 0) is 4.79 Å². The molecule has 0 unspecified atom stereocenters. The third-order valence-electron chi connectivity index (χ3n) is 2.86. The molecule has 0 aliphatic carbocycles. The normalized spacial score (nSPS) is 20.7. The monoisotopic (exact) mass is 213 g/mol. The van der Waals surface area contributed by atoms with Gasteiger partial charge in [0.1, 0.15) is 0 Å². The quantitative estimate of drug-likeness (QED) is 0.725. The Morgan fingerprint density at radius 2 is 1.80 bits per heavy atom. The number of hydrogen-bond acceptors (Lipinski definition) is 3. The van der Waals surface area contributed by atoms with E-state index in [9.17, 15) is 4.79 Å². The third-order valence-corrected chi connectivity index (χ3v) is 2.86. The fourth-order valence-corrected chi connectivity index (χ4v) is 1.87. The molecule has 15 heavy (non-hydrogen) atoms. The number of nitrogens with zero attached hydrogens (tertiary/aromatic N) is 2. The van der Waals surface area contributed by atoms with Crippen LogP contribution in [0.5, 0.6) is 0 Å². The highest BCUT2D eigenvalue weighted by atomic mass is 16.2. The first-order valence-corrected chi connectivity index (χ1v) is 5.73. The number of nitrogens with two attached hydrogens (primary N) is 1. The van der Waals surface area contributed by atoms with Crippen LogP contribution in [0, 0.1) is 5.92 Å². The molecule has 1 atom stereocenters. The van der Waals surface area contributed by atoms with E-state index in [1.54, 1.807) is 0 Å². The van der Waals surface area contributed by atoms with Gasteiger partial charge in [-0.2, -0.15) is 0 Å². The molecule has 4 heteroatoms. The Labute approximate surface area is 92.4 Å². The second kappa shape index (κ2) is 5.47. The molecule has 1 heterocycles. The summed E-state index contributed by atoms with van der Waals surface area (Å²) in [5.41, 5.74) is 5.88. The molecule has 1 amide bonds. The first-order valence-electron chi connectivity index (χ1n) is 5.73. The highest BCUT2D eigenvalue weighted by Crippen LogP contribution is 2.07. The van der Waals surface area contributed by atoms with Crippen molar-refractivity contribution in [2.75, 3.05) is 33.2 Å². The first kappa shape index (κ1) is 12.5. The van der Waals surface area contributed by atoms with Crippen LogP contribution in [0.4, 0.5) is 0 Å². The van der Waals surface area contributed by atoms with Crippen molar-refractivity contribution >= 4 is 5.91 Å². The molecule has 0 radical (unpaired) electrons. The molecule has 0 aromatic heterocycles. The largest absolute Gasteiger partial charge is 0.339 e. The Morgan fingerprint density at radius 3 is 2.27 bits per heavy atom. The van der Waals surface area contributed by atoms with Gasteiger partial charge < -0.3 is 15.5 Å². The van der Waals surface area contributed by atoms with Gasteiger partial charge in [-0.1, -0.05) is 13.8 Å². The highest BCUT2D eigenvalue weighted by molar-refractivity contribution is 5.81. The summed E-state index contributed by atoms with van der Waals surface area (Å²) in [4.78, 5) is 16.1. The molecule has 0 aromatic carbocycles. The van der Waals surface area contributed by atoms with Gasteiger partial charge in [-0.25, -0.2) is 0 Å². The van der Waals surface area contributed by atoms with E-state index in [0.29, 0.717) is 5.92 Å². The molecule has 4 nitrogen and oxygen atoms in total. The first-order chi connectivity index (χ1) is 7.00. The fraction of sp³-hybridized carbons (Fsp3) is 0.909. The van der Waals surface area contributed by atoms with E-state index < -0.39 is 0 Å². The molecule has 1 aliphatic rings. The van der Waals surface area contributed by atoms with Crippen LogP contribution in [0.1, 0.15) is 20.3 Å². The number of likely N-dealkylation sites (N-methyl/N-ethyl adjacent to an activating group) is 1. The molecule has 0 saturated carbocycles. The van der Waals surface area contributed by atoms with Crippen LogP contribution in [0.25, 0.3) is 0 Å². The Kier molecular flexibility index (Phi) is 4.54. The molecule has 1 rings (SSSR count). The van der Waals surface area contributed by atoms with Crippen LogP contribution >= 0.6 is 0 Å². The highest BCUT2D eigenvalue weighted by Gasteiger charge is 2.24. The lowest BCUT2D eigenvalue weighted by molar-refractivity contribution is -0.134. The second-order valence-electron chi connectivity index (χ2n) is 4.86. The van der Waals surface area contributed by atoms with E-state index in [-0.39, 0.29) is 11.9 Å². The summed E-state index contributed by atoms with van der Waals surface area (Å²) >= 11 is 0. The van der Waals surface area contributed by atoms with Gasteiger partial charge in [0.25, 0.3) is 0 Å². The molecule has 1 aliphatic heterocycles. The number of rotatable bonds is 3. The molecule has 1 saturated heterocycles. The molecule has 2 N–H and O–H groups in total. The van der Waals surface area contributed by atoms with Crippen molar-refractivity contribution in [3.63, 3.8) is 0 Å². The summed E-state index contributed by atoms with van der Waals surface area (Å²) in [6.07, 6.45) is 0.783. The number of amides is 1. The minimum absolute atomic E-state index is 0.122. The minimum Gasteiger partial charge on any atom is -0.339 e. The zero-order chi connectivity index (χ0) is 11.4. The summed E-state index contributed by atoms with van der Waals surface area (Å²) < 4.78 is 0. The zero-order valence-corrected chi connectivity index (χ0v) is 10.1. The van der Waals surface area contributed by atoms with E-state index in [0.717, 1.165) is 32.6 Å². The van der Waals surface area contributed by atoms with Crippen LogP contribution in [0.3, 0.4) is 0 Å². The van der Waals surface area contributed by atoms with Crippen molar-refractivity contribution in [3.8, 4) is 0 Å². The van der Waals surface area contributed by atoms with Gasteiger partial charge in [-0.15, -0.1) is 0 Å². The SMILES string of the molecule is CC(C)C[C@@H](N)C(=O)N1CCN(C)CC1.